The van der Waals surface area contributed by atoms with Gasteiger partial charge in [-0.2, -0.15) is 10.2 Å². The summed E-state index contributed by atoms with van der Waals surface area (Å²) in [4.78, 5) is 0. The molecular weight excluding hydrogens is 282 g/mol. The topological polar surface area (TPSA) is 55.6 Å². The first-order valence-electron chi connectivity index (χ1n) is 5.32. The zero-order chi connectivity index (χ0) is 12.4. The predicted molar refractivity (Wildman–Crippen MR) is 69.1 cm³/mol. The van der Waals surface area contributed by atoms with Crippen molar-refractivity contribution in [2.24, 2.45) is 0 Å². The van der Waals surface area contributed by atoms with E-state index in [0.717, 1.165) is 27.4 Å². The third-order valence-corrected chi connectivity index (χ3v) is 3.63. The number of hydrogen-bond acceptors (Lipinski definition) is 4. The Morgan fingerprint density at radius 1 is 1.29 bits per heavy atom. The minimum absolute atomic E-state index is 0.716. The minimum atomic E-state index is 0.716. The highest BCUT2D eigenvalue weighted by Crippen LogP contribution is 2.21. The van der Waals surface area contributed by atoms with Crippen LogP contribution in [0.2, 0.25) is 0 Å². The second kappa shape index (κ2) is 4.93. The van der Waals surface area contributed by atoms with Crippen LogP contribution in [0, 0.1) is 13.8 Å². The van der Waals surface area contributed by atoms with E-state index < -0.39 is 0 Å². The monoisotopic (exact) mass is 295 g/mol. The van der Waals surface area contributed by atoms with E-state index in [2.05, 4.69) is 36.5 Å². The molecule has 0 amide bonds. The van der Waals surface area contributed by atoms with Crippen LogP contribution in [-0.2, 0) is 6.54 Å². The van der Waals surface area contributed by atoms with Crippen LogP contribution < -0.4 is 5.32 Å². The molecule has 2 heterocycles. The molecule has 5 nitrogen and oxygen atoms in total. The molecule has 0 aliphatic heterocycles. The standard InChI is InChI=1S/C11H14BrN5/c1-7-11(12)8(2)17(16-7)10-5-4-9(6-13-3)14-15-10/h4-5,13H,6H2,1-3H3. The molecule has 2 rings (SSSR count). The Labute approximate surface area is 108 Å². The number of nitrogens with one attached hydrogen (secondary N) is 1. The molecular formula is C11H14BrN5. The van der Waals surface area contributed by atoms with E-state index >= 15 is 0 Å². The van der Waals surface area contributed by atoms with Gasteiger partial charge in [0.1, 0.15) is 0 Å². The zero-order valence-corrected chi connectivity index (χ0v) is 11.6. The maximum absolute atomic E-state index is 4.41. The normalized spacial score (nSPS) is 10.8. The van der Waals surface area contributed by atoms with Crippen LogP contribution in [0.3, 0.4) is 0 Å². The summed E-state index contributed by atoms with van der Waals surface area (Å²) in [5.41, 5.74) is 2.89. The van der Waals surface area contributed by atoms with Crippen LogP contribution in [0.1, 0.15) is 17.1 Å². The van der Waals surface area contributed by atoms with Gasteiger partial charge in [-0.3, -0.25) is 0 Å². The Kier molecular flexibility index (Phi) is 3.54. The van der Waals surface area contributed by atoms with Gasteiger partial charge in [-0.1, -0.05) is 0 Å². The maximum Gasteiger partial charge on any atom is 0.175 e. The second-order valence-corrected chi connectivity index (χ2v) is 4.60. The van der Waals surface area contributed by atoms with Gasteiger partial charge >= 0.3 is 0 Å². The van der Waals surface area contributed by atoms with Crippen molar-refractivity contribution >= 4 is 15.9 Å². The van der Waals surface area contributed by atoms with Gasteiger partial charge in [0.25, 0.3) is 0 Å². The molecule has 0 atom stereocenters. The van der Waals surface area contributed by atoms with E-state index in [1.165, 1.54) is 0 Å². The van der Waals surface area contributed by atoms with Gasteiger partial charge in [0.05, 0.1) is 21.6 Å². The molecule has 0 aliphatic carbocycles. The molecule has 0 bridgehead atoms. The fraction of sp³-hybridized carbons (Fsp3) is 0.364. The molecule has 0 saturated carbocycles. The van der Waals surface area contributed by atoms with Crippen LogP contribution in [0.25, 0.3) is 5.82 Å². The molecule has 0 aliphatic rings. The van der Waals surface area contributed by atoms with E-state index in [0.29, 0.717) is 6.54 Å². The fourth-order valence-corrected chi connectivity index (χ4v) is 1.84. The van der Waals surface area contributed by atoms with Crippen molar-refractivity contribution in [2.75, 3.05) is 7.05 Å². The number of nitrogens with zero attached hydrogens (tertiary/aromatic N) is 4. The van der Waals surface area contributed by atoms with Gasteiger partial charge in [0.15, 0.2) is 5.82 Å². The number of aryl methyl sites for hydroxylation is 1. The maximum atomic E-state index is 4.41. The Morgan fingerprint density at radius 2 is 2.06 bits per heavy atom. The average molecular weight is 296 g/mol. The summed E-state index contributed by atoms with van der Waals surface area (Å²) in [6, 6.07) is 3.87. The molecule has 2 aromatic heterocycles. The molecule has 1 N–H and O–H groups in total. The molecule has 17 heavy (non-hydrogen) atoms. The summed E-state index contributed by atoms with van der Waals surface area (Å²) in [6.07, 6.45) is 0. The predicted octanol–water partition coefficient (Wildman–Crippen LogP) is 1.76. The number of aromatic nitrogens is 4. The van der Waals surface area contributed by atoms with E-state index in [1.807, 2.05) is 33.0 Å². The van der Waals surface area contributed by atoms with Crippen LogP contribution in [0.5, 0.6) is 0 Å². The molecule has 0 spiro atoms. The van der Waals surface area contributed by atoms with Crippen molar-refractivity contribution < 1.29 is 0 Å². The smallest absolute Gasteiger partial charge is 0.175 e. The Hall–Kier alpha value is -1.27. The van der Waals surface area contributed by atoms with Crippen LogP contribution in [0.15, 0.2) is 16.6 Å². The van der Waals surface area contributed by atoms with Gasteiger partial charge in [-0.05, 0) is 49.0 Å². The van der Waals surface area contributed by atoms with Crippen molar-refractivity contribution in [1.82, 2.24) is 25.3 Å². The van der Waals surface area contributed by atoms with Crippen LogP contribution >= 0.6 is 15.9 Å². The highest BCUT2D eigenvalue weighted by molar-refractivity contribution is 9.10. The Bertz CT molecular complexity index is 517. The lowest BCUT2D eigenvalue weighted by Gasteiger charge is -2.03. The first kappa shape index (κ1) is 12.2. The van der Waals surface area contributed by atoms with E-state index in [4.69, 9.17) is 0 Å². The first-order valence-corrected chi connectivity index (χ1v) is 6.12. The van der Waals surface area contributed by atoms with Crippen LogP contribution in [-0.4, -0.2) is 27.0 Å². The third-order valence-electron chi connectivity index (χ3n) is 2.48. The van der Waals surface area contributed by atoms with Gasteiger partial charge in [0.2, 0.25) is 0 Å². The van der Waals surface area contributed by atoms with E-state index in [1.54, 1.807) is 4.68 Å². The fourth-order valence-electron chi connectivity index (χ4n) is 1.59. The molecule has 0 saturated heterocycles. The molecule has 0 aromatic carbocycles. The van der Waals surface area contributed by atoms with Crippen molar-refractivity contribution in [3.05, 3.63) is 33.7 Å². The number of halogens is 1. The first-order chi connectivity index (χ1) is 8.13. The number of hydrogen-bond donors (Lipinski definition) is 1. The zero-order valence-electron chi connectivity index (χ0n) is 10.0. The third kappa shape index (κ3) is 2.37. The summed E-state index contributed by atoms with van der Waals surface area (Å²) < 4.78 is 2.80. The van der Waals surface area contributed by atoms with Gasteiger partial charge in [-0.25, -0.2) is 4.68 Å². The highest BCUT2D eigenvalue weighted by Gasteiger charge is 2.11. The lowest BCUT2D eigenvalue weighted by atomic mass is 10.3. The quantitative estimate of drug-likeness (QED) is 0.937. The second-order valence-electron chi connectivity index (χ2n) is 3.81. The summed E-state index contributed by atoms with van der Waals surface area (Å²) >= 11 is 3.50. The SMILES string of the molecule is CNCc1ccc(-n2nc(C)c(Br)c2C)nn1. The largest absolute Gasteiger partial charge is 0.314 e. The summed E-state index contributed by atoms with van der Waals surface area (Å²) in [5.74, 6) is 0.733. The lowest BCUT2D eigenvalue weighted by Crippen LogP contribution is -2.09. The van der Waals surface area contributed by atoms with Crippen molar-refractivity contribution in [2.45, 2.75) is 20.4 Å². The summed E-state index contributed by atoms with van der Waals surface area (Å²) in [5, 5.41) is 15.8. The molecule has 0 radical (unpaired) electrons. The van der Waals surface area contributed by atoms with Gasteiger partial charge in [0, 0.05) is 6.54 Å². The molecule has 90 valence electrons. The Balaban J connectivity index is 2.36. The lowest BCUT2D eigenvalue weighted by molar-refractivity contribution is 0.735. The highest BCUT2D eigenvalue weighted by atomic mass is 79.9. The van der Waals surface area contributed by atoms with Crippen molar-refractivity contribution in [3.8, 4) is 5.82 Å². The van der Waals surface area contributed by atoms with E-state index in [9.17, 15) is 0 Å². The summed E-state index contributed by atoms with van der Waals surface area (Å²) in [7, 11) is 1.88. The average Bonchev–Trinajstić information content (AvgIpc) is 2.59. The van der Waals surface area contributed by atoms with Gasteiger partial charge < -0.3 is 5.32 Å². The van der Waals surface area contributed by atoms with Crippen molar-refractivity contribution in [1.29, 1.82) is 0 Å². The number of rotatable bonds is 3. The Morgan fingerprint density at radius 3 is 2.53 bits per heavy atom. The van der Waals surface area contributed by atoms with E-state index in [-0.39, 0.29) is 0 Å². The van der Waals surface area contributed by atoms with Crippen molar-refractivity contribution in [3.63, 3.8) is 0 Å². The van der Waals surface area contributed by atoms with Crippen LogP contribution in [0.4, 0.5) is 0 Å². The molecule has 0 fully saturated rings. The summed E-state index contributed by atoms with van der Waals surface area (Å²) in [6.45, 7) is 4.66. The van der Waals surface area contributed by atoms with Gasteiger partial charge in [-0.15, -0.1) is 5.10 Å². The molecule has 6 heteroatoms. The molecule has 0 unspecified atom stereocenters. The molecule has 2 aromatic rings. The minimum Gasteiger partial charge on any atom is -0.314 e.